The van der Waals surface area contributed by atoms with Gasteiger partial charge in [0.15, 0.2) is 0 Å². The van der Waals surface area contributed by atoms with Gasteiger partial charge in [0.25, 0.3) is 0 Å². The second-order valence-corrected chi connectivity index (χ2v) is 5.79. The number of hydrogen-bond donors (Lipinski definition) is 0. The van der Waals surface area contributed by atoms with Crippen LogP contribution in [0.2, 0.25) is 0 Å². The van der Waals surface area contributed by atoms with Crippen molar-refractivity contribution in [3.05, 3.63) is 59.9 Å². The molecule has 0 saturated carbocycles. The Balaban J connectivity index is 1.87. The van der Waals surface area contributed by atoms with E-state index in [2.05, 4.69) is 29.7 Å². The highest BCUT2D eigenvalue weighted by molar-refractivity contribution is 5.77. The lowest BCUT2D eigenvalue weighted by Gasteiger charge is -2.24. The zero-order valence-corrected chi connectivity index (χ0v) is 12.5. The van der Waals surface area contributed by atoms with Gasteiger partial charge in [-0.05, 0) is 43.0 Å². The summed E-state index contributed by atoms with van der Waals surface area (Å²) in [5, 5.41) is 0. The first-order valence-corrected chi connectivity index (χ1v) is 7.71. The Hall–Kier alpha value is -2.03. The fourth-order valence-corrected chi connectivity index (χ4v) is 3.15. The van der Waals surface area contributed by atoms with Crippen LogP contribution in [-0.4, -0.2) is 28.5 Å². The number of hydrogen-bond acceptors (Lipinski definition) is 1. The first-order chi connectivity index (χ1) is 10.3. The first kappa shape index (κ1) is 13.9. The molecule has 2 aromatic rings. The third-order valence-electron chi connectivity index (χ3n) is 4.36. The van der Waals surface area contributed by atoms with Crippen LogP contribution in [0.15, 0.2) is 48.8 Å². The van der Waals surface area contributed by atoms with Gasteiger partial charge in [-0.3, -0.25) is 4.79 Å². The van der Waals surface area contributed by atoms with Crippen LogP contribution in [-0.2, 0) is 4.79 Å². The standard InChI is InChI=1S/C18H22N2O/c1-15-8-2-3-9-16(15)17(19-10-4-5-11-19)14-18(21)20-12-6-7-13-20/h2-5,8-11,17H,6-7,12-14H2,1H3/t17-/m0/s1. The lowest BCUT2D eigenvalue weighted by molar-refractivity contribution is -0.130. The number of aromatic nitrogens is 1. The maximum Gasteiger partial charge on any atom is 0.225 e. The van der Waals surface area contributed by atoms with Crippen molar-refractivity contribution in [3.63, 3.8) is 0 Å². The van der Waals surface area contributed by atoms with Crippen molar-refractivity contribution in [2.75, 3.05) is 13.1 Å². The van der Waals surface area contributed by atoms with E-state index in [1.54, 1.807) is 0 Å². The molecule has 1 aromatic carbocycles. The van der Waals surface area contributed by atoms with Crippen molar-refractivity contribution in [2.45, 2.75) is 32.2 Å². The predicted octanol–water partition coefficient (Wildman–Crippen LogP) is 3.40. The van der Waals surface area contributed by atoms with Crippen LogP contribution in [0, 0.1) is 6.92 Å². The van der Waals surface area contributed by atoms with E-state index in [-0.39, 0.29) is 11.9 Å². The second-order valence-electron chi connectivity index (χ2n) is 5.79. The molecular weight excluding hydrogens is 260 g/mol. The van der Waals surface area contributed by atoms with E-state index in [9.17, 15) is 4.79 Å². The minimum absolute atomic E-state index is 0.0919. The van der Waals surface area contributed by atoms with Gasteiger partial charge in [0.1, 0.15) is 0 Å². The van der Waals surface area contributed by atoms with Crippen LogP contribution in [0.5, 0.6) is 0 Å². The number of carbonyl (C=O) groups excluding carboxylic acids is 1. The number of nitrogens with zero attached hydrogens (tertiary/aromatic N) is 2. The molecule has 0 unspecified atom stereocenters. The van der Waals surface area contributed by atoms with Crippen molar-refractivity contribution >= 4 is 5.91 Å². The third-order valence-corrected chi connectivity index (χ3v) is 4.36. The predicted molar refractivity (Wildman–Crippen MR) is 84.2 cm³/mol. The summed E-state index contributed by atoms with van der Waals surface area (Å²) < 4.78 is 2.15. The van der Waals surface area contributed by atoms with E-state index in [0.717, 1.165) is 25.9 Å². The average molecular weight is 282 g/mol. The molecule has 21 heavy (non-hydrogen) atoms. The number of likely N-dealkylation sites (tertiary alicyclic amines) is 1. The summed E-state index contributed by atoms with van der Waals surface area (Å²) in [5.74, 6) is 0.273. The average Bonchev–Trinajstić information content (AvgIpc) is 3.18. The minimum atomic E-state index is 0.0919. The maximum absolute atomic E-state index is 12.5. The van der Waals surface area contributed by atoms with Crippen LogP contribution in [0.1, 0.15) is 36.4 Å². The Bertz CT molecular complexity index is 597. The molecule has 110 valence electrons. The molecule has 0 aliphatic carbocycles. The summed E-state index contributed by atoms with van der Waals surface area (Å²) in [6.07, 6.45) is 6.93. The largest absolute Gasteiger partial charge is 0.346 e. The van der Waals surface area contributed by atoms with Crippen LogP contribution >= 0.6 is 0 Å². The summed E-state index contributed by atoms with van der Waals surface area (Å²) >= 11 is 0. The number of carbonyl (C=O) groups is 1. The molecule has 2 heterocycles. The van der Waals surface area contributed by atoms with E-state index >= 15 is 0 Å². The molecule has 0 N–H and O–H groups in total. The van der Waals surface area contributed by atoms with Gasteiger partial charge in [0.05, 0.1) is 12.5 Å². The van der Waals surface area contributed by atoms with E-state index in [0.29, 0.717) is 6.42 Å². The van der Waals surface area contributed by atoms with E-state index in [4.69, 9.17) is 0 Å². The molecule has 1 aromatic heterocycles. The zero-order valence-electron chi connectivity index (χ0n) is 12.5. The van der Waals surface area contributed by atoms with E-state index in [1.165, 1.54) is 11.1 Å². The molecular formula is C18H22N2O. The summed E-state index contributed by atoms with van der Waals surface area (Å²) in [7, 11) is 0. The van der Waals surface area contributed by atoms with Gasteiger partial charge in [0, 0.05) is 25.5 Å². The highest BCUT2D eigenvalue weighted by Gasteiger charge is 2.24. The summed E-state index contributed by atoms with van der Waals surface area (Å²) in [4.78, 5) is 14.6. The molecule has 1 aliphatic rings. The van der Waals surface area contributed by atoms with Gasteiger partial charge in [-0.2, -0.15) is 0 Å². The summed E-state index contributed by atoms with van der Waals surface area (Å²) in [6.45, 7) is 3.96. The Labute approximate surface area is 126 Å². The Kier molecular flexibility index (Phi) is 4.09. The maximum atomic E-state index is 12.5. The molecule has 0 bridgehead atoms. The quantitative estimate of drug-likeness (QED) is 0.843. The highest BCUT2D eigenvalue weighted by atomic mass is 16.2. The monoisotopic (exact) mass is 282 g/mol. The zero-order chi connectivity index (χ0) is 14.7. The molecule has 1 saturated heterocycles. The van der Waals surface area contributed by atoms with Crippen LogP contribution in [0.3, 0.4) is 0 Å². The van der Waals surface area contributed by atoms with E-state index < -0.39 is 0 Å². The van der Waals surface area contributed by atoms with Crippen LogP contribution in [0.25, 0.3) is 0 Å². The Morgan fingerprint density at radius 1 is 1.10 bits per heavy atom. The molecule has 1 amide bonds. The minimum Gasteiger partial charge on any atom is -0.346 e. The summed E-state index contributed by atoms with van der Waals surface area (Å²) in [6, 6.07) is 12.5. The molecule has 3 nitrogen and oxygen atoms in total. The summed E-state index contributed by atoms with van der Waals surface area (Å²) in [5.41, 5.74) is 2.48. The topological polar surface area (TPSA) is 25.2 Å². The van der Waals surface area contributed by atoms with E-state index in [1.807, 2.05) is 35.5 Å². The Morgan fingerprint density at radius 2 is 1.76 bits per heavy atom. The van der Waals surface area contributed by atoms with Crippen LogP contribution < -0.4 is 0 Å². The molecule has 0 spiro atoms. The molecule has 3 rings (SSSR count). The Morgan fingerprint density at radius 3 is 2.43 bits per heavy atom. The molecule has 1 aliphatic heterocycles. The van der Waals surface area contributed by atoms with Crippen molar-refractivity contribution in [1.82, 2.24) is 9.47 Å². The normalized spacial score (nSPS) is 16.1. The fraction of sp³-hybridized carbons (Fsp3) is 0.389. The second kappa shape index (κ2) is 6.17. The lowest BCUT2D eigenvalue weighted by Crippen LogP contribution is -2.30. The number of rotatable bonds is 4. The SMILES string of the molecule is Cc1ccccc1[C@H](CC(=O)N1CCCC1)n1cccc1. The van der Waals surface area contributed by atoms with Crippen LogP contribution in [0.4, 0.5) is 0 Å². The molecule has 1 fully saturated rings. The lowest BCUT2D eigenvalue weighted by atomic mass is 9.98. The van der Waals surface area contributed by atoms with Gasteiger partial charge in [0.2, 0.25) is 5.91 Å². The molecule has 3 heteroatoms. The third kappa shape index (κ3) is 3.02. The van der Waals surface area contributed by atoms with Gasteiger partial charge in [-0.1, -0.05) is 24.3 Å². The molecule has 1 atom stereocenters. The van der Waals surface area contributed by atoms with Gasteiger partial charge < -0.3 is 9.47 Å². The van der Waals surface area contributed by atoms with Crippen molar-refractivity contribution < 1.29 is 4.79 Å². The number of benzene rings is 1. The van der Waals surface area contributed by atoms with Gasteiger partial charge in [-0.15, -0.1) is 0 Å². The number of amides is 1. The molecule has 0 radical (unpaired) electrons. The van der Waals surface area contributed by atoms with Crippen molar-refractivity contribution in [2.24, 2.45) is 0 Å². The van der Waals surface area contributed by atoms with Crippen molar-refractivity contribution in [1.29, 1.82) is 0 Å². The fourth-order valence-electron chi connectivity index (χ4n) is 3.15. The number of aryl methyl sites for hydroxylation is 1. The highest BCUT2D eigenvalue weighted by Crippen LogP contribution is 2.26. The van der Waals surface area contributed by atoms with Gasteiger partial charge >= 0.3 is 0 Å². The van der Waals surface area contributed by atoms with Gasteiger partial charge in [-0.25, -0.2) is 0 Å². The van der Waals surface area contributed by atoms with Crippen molar-refractivity contribution in [3.8, 4) is 0 Å². The smallest absolute Gasteiger partial charge is 0.225 e. The first-order valence-electron chi connectivity index (χ1n) is 7.71.